The smallest absolute Gasteiger partial charge is 0.277 e. The molecule has 0 bridgehead atoms. The van der Waals surface area contributed by atoms with Crippen molar-refractivity contribution < 1.29 is 13.7 Å². The number of imidazole rings is 1. The van der Waals surface area contributed by atoms with E-state index in [1.165, 1.54) is 6.26 Å². The normalized spacial score (nSPS) is 12.9. The number of aromatic nitrogens is 3. The number of carbonyl (C=O) groups excluding carboxylic acids is 1. The van der Waals surface area contributed by atoms with Crippen molar-refractivity contribution in [2.45, 2.75) is 11.7 Å². The Kier molecular flexibility index (Phi) is 3.83. The predicted molar refractivity (Wildman–Crippen MR) is 101 cm³/mol. The van der Waals surface area contributed by atoms with Gasteiger partial charge in [-0.2, -0.15) is 0 Å². The Morgan fingerprint density at radius 2 is 2.15 bits per heavy atom. The molecule has 3 aromatic heterocycles. The third-order valence-electron chi connectivity index (χ3n) is 4.23. The van der Waals surface area contributed by atoms with Crippen LogP contribution in [0.3, 0.4) is 0 Å². The van der Waals surface area contributed by atoms with Crippen molar-refractivity contribution in [3.8, 4) is 22.8 Å². The largest absolute Gasteiger partial charge is 0.461 e. The summed E-state index contributed by atoms with van der Waals surface area (Å²) in [7, 11) is 0. The van der Waals surface area contributed by atoms with E-state index in [9.17, 15) is 4.79 Å². The van der Waals surface area contributed by atoms with Crippen molar-refractivity contribution in [1.29, 1.82) is 0 Å². The van der Waals surface area contributed by atoms with E-state index in [1.54, 1.807) is 30.0 Å². The molecular formula is C19H14N4O3S. The minimum absolute atomic E-state index is 0.184. The zero-order chi connectivity index (χ0) is 18.2. The van der Waals surface area contributed by atoms with Crippen LogP contribution in [-0.4, -0.2) is 26.4 Å². The zero-order valence-corrected chi connectivity index (χ0v) is 14.9. The number of thioether (sulfide) groups is 1. The zero-order valence-electron chi connectivity index (χ0n) is 14.1. The Balaban J connectivity index is 1.35. The van der Waals surface area contributed by atoms with Gasteiger partial charge in [-0.05, 0) is 24.3 Å². The number of nitrogens with one attached hydrogen (secondary N) is 1. The average molecular weight is 378 g/mol. The lowest BCUT2D eigenvalue weighted by molar-refractivity contribution is 0.101. The Bertz CT molecular complexity index is 1090. The molecule has 5 rings (SSSR count). The fourth-order valence-electron chi connectivity index (χ4n) is 2.92. The second-order valence-corrected chi connectivity index (χ2v) is 7.10. The van der Waals surface area contributed by atoms with Gasteiger partial charge in [0.05, 0.1) is 12.0 Å². The van der Waals surface area contributed by atoms with Crippen LogP contribution >= 0.6 is 11.8 Å². The molecule has 0 aliphatic carbocycles. The van der Waals surface area contributed by atoms with Gasteiger partial charge >= 0.3 is 0 Å². The molecule has 27 heavy (non-hydrogen) atoms. The maximum absolute atomic E-state index is 12.5. The molecule has 134 valence electrons. The van der Waals surface area contributed by atoms with E-state index in [4.69, 9.17) is 8.94 Å². The lowest BCUT2D eigenvalue weighted by Crippen LogP contribution is -2.12. The van der Waals surface area contributed by atoms with E-state index in [0.717, 1.165) is 28.7 Å². The number of aryl methyl sites for hydroxylation is 1. The number of hydrogen-bond acceptors (Lipinski definition) is 6. The summed E-state index contributed by atoms with van der Waals surface area (Å²) in [6, 6.07) is 12.6. The lowest BCUT2D eigenvalue weighted by atomic mass is 10.1. The molecular weight excluding hydrogens is 364 g/mol. The number of carbonyl (C=O) groups is 1. The molecule has 1 aromatic carbocycles. The molecule has 1 aliphatic heterocycles. The topological polar surface area (TPSA) is 86.1 Å². The van der Waals surface area contributed by atoms with Crippen LogP contribution in [0.25, 0.3) is 22.8 Å². The monoisotopic (exact) mass is 378 g/mol. The molecule has 4 heterocycles. The predicted octanol–water partition coefficient (Wildman–Crippen LogP) is 4.16. The highest BCUT2D eigenvalue weighted by molar-refractivity contribution is 7.99. The highest BCUT2D eigenvalue weighted by Crippen LogP contribution is 2.30. The van der Waals surface area contributed by atoms with Crippen molar-refractivity contribution in [2.24, 2.45) is 0 Å². The van der Waals surface area contributed by atoms with E-state index >= 15 is 0 Å². The summed E-state index contributed by atoms with van der Waals surface area (Å²) in [6.07, 6.45) is 3.58. The van der Waals surface area contributed by atoms with Crippen molar-refractivity contribution in [3.63, 3.8) is 0 Å². The van der Waals surface area contributed by atoms with Gasteiger partial charge in [0.15, 0.2) is 16.6 Å². The second kappa shape index (κ2) is 6.48. The molecule has 1 amide bonds. The lowest BCUT2D eigenvalue weighted by Gasteiger charge is -2.04. The van der Waals surface area contributed by atoms with Gasteiger partial charge in [0.25, 0.3) is 5.91 Å². The summed E-state index contributed by atoms with van der Waals surface area (Å²) < 4.78 is 12.6. The first-order valence-corrected chi connectivity index (χ1v) is 9.37. The third-order valence-corrected chi connectivity index (χ3v) is 5.20. The van der Waals surface area contributed by atoms with Crippen molar-refractivity contribution in [1.82, 2.24) is 14.7 Å². The van der Waals surface area contributed by atoms with Gasteiger partial charge in [0, 0.05) is 35.8 Å². The standard InChI is InChI=1S/C19H14N4O3S/c24-18(14-10-17(26-22-14)16-5-2-7-25-16)20-13-4-1-3-12(9-13)15-11-23-6-8-27-19(23)21-15/h1-5,7,9-11H,6,8H2,(H,20,24). The van der Waals surface area contributed by atoms with Crippen molar-refractivity contribution >= 4 is 23.4 Å². The molecule has 0 fully saturated rings. The molecule has 1 N–H and O–H groups in total. The average Bonchev–Trinajstić information content (AvgIpc) is 3.45. The van der Waals surface area contributed by atoms with E-state index in [1.807, 2.05) is 30.5 Å². The Labute approximate surface area is 158 Å². The first kappa shape index (κ1) is 16.0. The van der Waals surface area contributed by atoms with Crippen LogP contribution < -0.4 is 5.32 Å². The Morgan fingerprint density at radius 1 is 1.19 bits per heavy atom. The number of rotatable bonds is 4. The van der Waals surface area contributed by atoms with Crippen LogP contribution in [0, 0.1) is 0 Å². The van der Waals surface area contributed by atoms with E-state index in [0.29, 0.717) is 17.2 Å². The summed E-state index contributed by atoms with van der Waals surface area (Å²) in [5, 5.41) is 7.70. The maximum Gasteiger partial charge on any atom is 0.277 e. The summed E-state index contributed by atoms with van der Waals surface area (Å²) in [6.45, 7) is 0.980. The van der Waals surface area contributed by atoms with E-state index < -0.39 is 0 Å². The number of fused-ring (bicyclic) bond motifs is 1. The van der Waals surface area contributed by atoms with E-state index in [-0.39, 0.29) is 11.6 Å². The molecule has 0 spiro atoms. The summed E-state index contributed by atoms with van der Waals surface area (Å²) >= 11 is 1.75. The summed E-state index contributed by atoms with van der Waals surface area (Å²) in [5.41, 5.74) is 2.70. The molecule has 4 aromatic rings. The van der Waals surface area contributed by atoms with Crippen LogP contribution in [0.2, 0.25) is 0 Å². The molecule has 1 aliphatic rings. The molecule has 8 heteroatoms. The number of benzene rings is 1. The van der Waals surface area contributed by atoms with Gasteiger partial charge < -0.3 is 18.8 Å². The molecule has 0 radical (unpaired) electrons. The van der Waals surface area contributed by atoms with Crippen LogP contribution in [0.15, 0.2) is 69.0 Å². The van der Waals surface area contributed by atoms with Gasteiger partial charge in [0.1, 0.15) is 0 Å². The fraction of sp³-hybridized carbons (Fsp3) is 0.105. The first-order chi connectivity index (χ1) is 13.3. The number of hydrogen-bond donors (Lipinski definition) is 1. The van der Waals surface area contributed by atoms with Crippen LogP contribution in [0.1, 0.15) is 10.5 Å². The molecule has 0 saturated heterocycles. The van der Waals surface area contributed by atoms with Gasteiger partial charge in [-0.25, -0.2) is 4.98 Å². The number of anilines is 1. The highest BCUT2D eigenvalue weighted by atomic mass is 32.2. The quantitative estimate of drug-likeness (QED) is 0.574. The minimum atomic E-state index is -0.350. The van der Waals surface area contributed by atoms with Crippen LogP contribution in [-0.2, 0) is 6.54 Å². The number of amides is 1. The number of nitrogens with zero attached hydrogens (tertiary/aromatic N) is 3. The highest BCUT2D eigenvalue weighted by Gasteiger charge is 2.17. The summed E-state index contributed by atoms with van der Waals surface area (Å²) in [5.74, 6) is 1.64. The maximum atomic E-state index is 12.5. The Morgan fingerprint density at radius 3 is 3.00 bits per heavy atom. The van der Waals surface area contributed by atoms with Crippen LogP contribution in [0.5, 0.6) is 0 Å². The molecule has 7 nitrogen and oxygen atoms in total. The van der Waals surface area contributed by atoms with Crippen molar-refractivity contribution in [2.75, 3.05) is 11.1 Å². The van der Waals surface area contributed by atoms with Gasteiger partial charge in [-0.3, -0.25) is 4.79 Å². The fourth-order valence-corrected chi connectivity index (χ4v) is 3.86. The second-order valence-electron chi connectivity index (χ2n) is 6.04. The Hall–Kier alpha value is -3.26. The number of furan rings is 1. The van der Waals surface area contributed by atoms with Gasteiger partial charge in [0.2, 0.25) is 5.76 Å². The van der Waals surface area contributed by atoms with Crippen LogP contribution in [0.4, 0.5) is 5.69 Å². The third kappa shape index (κ3) is 3.04. The molecule has 0 unspecified atom stereocenters. The summed E-state index contributed by atoms with van der Waals surface area (Å²) in [4.78, 5) is 17.1. The SMILES string of the molecule is O=C(Nc1cccc(-c2cn3c(n2)SCC3)c1)c1cc(-c2ccco2)on1. The van der Waals surface area contributed by atoms with Crippen molar-refractivity contribution in [3.05, 3.63) is 60.6 Å². The van der Waals surface area contributed by atoms with E-state index in [2.05, 4.69) is 20.0 Å². The molecule has 0 saturated carbocycles. The first-order valence-electron chi connectivity index (χ1n) is 8.39. The van der Waals surface area contributed by atoms with Gasteiger partial charge in [-0.15, -0.1) is 0 Å². The minimum Gasteiger partial charge on any atom is -0.461 e. The van der Waals surface area contributed by atoms with Gasteiger partial charge in [-0.1, -0.05) is 29.1 Å². The molecule has 0 atom stereocenters.